The van der Waals surface area contributed by atoms with E-state index in [-0.39, 0.29) is 0 Å². The van der Waals surface area contributed by atoms with Crippen molar-refractivity contribution in [3.05, 3.63) is 66.7 Å². The second-order valence-electron chi connectivity index (χ2n) is 3.63. The highest BCUT2D eigenvalue weighted by atomic mass is 32.2. The van der Waals surface area contributed by atoms with E-state index < -0.39 is 10.7 Å². The Kier molecular flexibility index (Phi) is 3.40. The van der Waals surface area contributed by atoms with E-state index >= 15 is 0 Å². The predicted molar refractivity (Wildman–Crippen MR) is 74.7 cm³/mol. The second kappa shape index (κ2) is 4.97. The molecule has 0 aliphatic heterocycles. The summed E-state index contributed by atoms with van der Waals surface area (Å²) in [6.07, 6.45) is 0. The van der Waals surface area contributed by atoms with Gasteiger partial charge in [0.2, 0.25) is 0 Å². The number of rotatable bonds is 3. The Labute approximate surface area is 104 Å². The fraction of sp³-hybridized carbons (Fsp3) is 0. The number of hydrogen-bond acceptors (Lipinski definition) is 2. The molecule has 0 heterocycles. The van der Waals surface area contributed by atoms with Gasteiger partial charge in [0.25, 0.3) is 0 Å². The third-order valence-electron chi connectivity index (χ3n) is 2.49. The summed E-state index contributed by atoms with van der Waals surface area (Å²) in [6, 6.07) is 17.3. The quantitative estimate of drug-likeness (QED) is 0.792. The molecule has 1 unspecified atom stereocenters. The van der Waals surface area contributed by atoms with Crippen LogP contribution in [0.1, 0.15) is 5.56 Å². The van der Waals surface area contributed by atoms with Crippen molar-refractivity contribution < 1.29 is 0 Å². The molecule has 0 aliphatic rings. The van der Waals surface area contributed by atoms with E-state index in [1.54, 1.807) is 0 Å². The van der Waals surface area contributed by atoms with Crippen molar-refractivity contribution in [3.8, 4) is 0 Å². The third-order valence-corrected chi connectivity index (χ3v) is 3.94. The van der Waals surface area contributed by atoms with E-state index in [4.69, 9.17) is 10.5 Å². The SMILES string of the molecule is C=C(c1ccccc1N)S(=N)c1ccccc1. The fourth-order valence-corrected chi connectivity index (χ4v) is 2.68. The first-order chi connectivity index (χ1) is 8.20. The van der Waals surface area contributed by atoms with Crippen LogP contribution in [0.25, 0.3) is 4.91 Å². The van der Waals surface area contributed by atoms with Crippen LogP contribution in [0, 0.1) is 4.78 Å². The molecular weight excluding hydrogens is 228 g/mol. The molecule has 0 aliphatic carbocycles. The van der Waals surface area contributed by atoms with Gasteiger partial charge in [0.15, 0.2) is 0 Å². The van der Waals surface area contributed by atoms with Gasteiger partial charge in [-0.25, -0.2) is 0 Å². The van der Waals surface area contributed by atoms with Crippen molar-refractivity contribution in [2.45, 2.75) is 4.90 Å². The summed E-state index contributed by atoms with van der Waals surface area (Å²) < 4.78 is 8.23. The van der Waals surface area contributed by atoms with Crippen molar-refractivity contribution in [3.63, 3.8) is 0 Å². The van der Waals surface area contributed by atoms with Crippen molar-refractivity contribution in [2.75, 3.05) is 5.73 Å². The molecule has 2 aromatic rings. The van der Waals surface area contributed by atoms with Gasteiger partial charge < -0.3 is 5.73 Å². The smallest absolute Gasteiger partial charge is 0.0399 e. The lowest BCUT2D eigenvalue weighted by molar-refractivity contribution is 1.44. The predicted octanol–water partition coefficient (Wildman–Crippen LogP) is 3.68. The van der Waals surface area contributed by atoms with Crippen LogP contribution in [0.15, 0.2) is 66.1 Å². The minimum atomic E-state index is -0.764. The lowest BCUT2D eigenvalue weighted by atomic mass is 10.2. The second-order valence-corrected chi connectivity index (χ2v) is 5.21. The molecule has 0 saturated heterocycles. The van der Waals surface area contributed by atoms with E-state index in [2.05, 4.69) is 6.58 Å². The van der Waals surface area contributed by atoms with Crippen LogP contribution in [-0.2, 0) is 10.7 Å². The number of nitrogen functional groups attached to an aromatic ring is 1. The number of nitrogens with two attached hydrogens (primary N) is 1. The zero-order valence-corrected chi connectivity index (χ0v) is 10.2. The molecule has 2 aromatic carbocycles. The van der Waals surface area contributed by atoms with Crippen LogP contribution in [-0.4, -0.2) is 0 Å². The number of nitrogens with one attached hydrogen (secondary N) is 1. The lowest BCUT2D eigenvalue weighted by Crippen LogP contribution is -1.97. The van der Waals surface area contributed by atoms with E-state index in [0.717, 1.165) is 15.4 Å². The van der Waals surface area contributed by atoms with E-state index in [9.17, 15) is 0 Å². The zero-order chi connectivity index (χ0) is 12.3. The maximum Gasteiger partial charge on any atom is 0.0399 e. The summed E-state index contributed by atoms with van der Waals surface area (Å²) in [7, 11) is -0.764. The van der Waals surface area contributed by atoms with Gasteiger partial charge in [-0.1, -0.05) is 43.0 Å². The third kappa shape index (κ3) is 2.45. The molecule has 17 heavy (non-hydrogen) atoms. The molecule has 2 rings (SSSR count). The highest BCUT2D eigenvalue weighted by Crippen LogP contribution is 2.26. The van der Waals surface area contributed by atoms with E-state index in [1.807, 2.05) is 54.6 Å². The minimum absolute atomic E-state index is 0.679. The number of hydrogen-bond donors (Lipinski definition) is 2. The Hall–Kier alpha value is -1.87. The standard InChI is InChI=1S/C14H14N2S/c1-11(13-9-5-6-10-14(13)15)17(16)12-7-3-2-4-8-12/h2-10,16H,1,15H2. The van der Waals surface area contributed by atoms with Crippen LogP contribution < -0.4 is 5.73 Å². The number of benzene rings is 2. The summed E-state index contributed by atoms with van der Waals surface area (Å²) in [6.45, 7) is 4.01. The van der Waals surface area contributed by atoms with Gasteiger partial charge in [0.05, 0.1) is 0 Å². The molecule has 86 valence electrons. The van der Waals surface area contributed by atoms with E-state index in [1.165, 1.54) is 0 Å². The Morgan fingerprint density at radius 1 is 1.00 bits per heavy atom. The summed E-state index contributed by atoms with van der Waals surface area (Å²) in [5.41, 5.74) is 7.45. The Bertz CT molecular complexity index is 561. The Balaban J connectivity index is 2.34. The Morgan fingerprint density at radius 2 is 1.59 bits per heavy atom. The first kappa shape index (κ1) is 11.6. The van der Waals surface area contributed by atoms with Crippen molar-refractivity contribution in [1.29, 1.82) is 4.78 Å². The van der Waals surface area contributed by atoms with Gasteiger partial charge in [-0.2, -0.15) is 0 Å². The van der Waals surface area contributed by atoms with Gasteiger partial charge in [-0.05, 0) is 28.9 Å². The average molecular weight is 242 g/mol. The van der Waals surface area contributed by atoms with Gasteiger partial charge in [0, 0.05) is 21.1 Å². The molecule has 1 atom stereocenters. The van der Waals surface area contributed by atoms with Crippen molar-refractivity contribution >= 4 is 21.3 Å². The van der Waals surface area contributed by atoms with Crippen LogP contribution in [0.3, 0.4) is 0 Å². The normalized spacial score (nSPS) is 12.0. The highest BCUT2D eigenvalue weighted by Gasteiger charge is 2.08. The van der Waals surface area contributed by atoms with Crippen LogP contribution >= 0.6 is 0 Å². The molecular formula is C14H14N2S. The largest absolute Gasteiger partial charge is 0.398 e. The molecule has 3 heteroatoms. The number of anilines is 1. The van der Waals surface area contributed by atoms with Crippen LogP contribution in [0.4, 0.5) is 5.69 Å². The first-order valence-electron chi connectivity index (χ1n) is 5.24. The molecule has 0 amide bonds. The summed E-state index contributed by atoms with van der Waals surface area (Å²) in [4.78, 5) is 1.72. The molecule has 0 bridgehead atoms. The summed E-state index contributed by atoms with van der Waals surface area (Å²) >= 11 is 0. The molecule has 2 nitrogen and oxygen atoms in total. The molecule has 0 saturated carbocycles. The fourth-order valence-electron chi connectivity index (χ4n) is 1.56. The van der Waals surface area contributed by atoms with Crippen molar-refractivity contribution in [2.24, 2.45) is 0 Å². The van der Waals surface area contributed by atoms with Gasteiger partial charge in [-0.15, -0.1) is 0 Å². The molecule has 0 spiro atoms. The molecule has 0 aromatic heterocycles. The summed E-state index contributed by atoms with van der Waals surface area (Å²) in [5, 5.41) is 0. The molecule has 0 radical (unpaired) electrons. The maximum atomic E-state index is 8.23. The summed E-state index contributed by atoms with van der Waals surface area (Å²) in [5.74, 6) is 0. The zero-order valence-electron chi connectivity index (χ0n) is 9.39. The van der Waals surface area contributed by atoms with Crippen LogP contribution in [0.2, 0.25) is 0 Å². The lowest BCUT2D eigenvalue weighted by Gasteiger charge is -2.11. The monoisotopic (exact) mass is 242 g/mol. The molecule has 3 N–H and O–H groups in total. The molecule has 0 fully saturated rings. The number of para-hydroxylation sites is 1. The van der Waals surface area contributed by atoms with Crippen molar-refractivity contribution in [1.82, 2.24) is 0 Å². The first-order valence-corrected chi connectivity index (χ1v) is 6.47. The van der Waals surface area contributed by atoms with Gasteiger partial charge >= 0.3 is 0 Å². The maximum absolute atomic E-state index is 8.23. The van der Waals surface area contributed by atoms with E-state index in [0.29, 0.717) is 5.69 Å². The minimum Gasteiger partial charge on any atom is -0.398 e. The average Bonchev–Trinajstić information content (AvgIpc) is 2.39. The Morgan fingerprint density at radius 3 is 2.24 bits per heavy atom. The topological polar surface area (TPSA) is 49.9 Å². The van der Waals surface area contributed by atoms with Gasteiger partial charge in [0.1, 0.15) is 0 Å². The van der Waals surface area contributed by atoms with Crippen LogP contribution in [0.5, 0.6) is 0 Å². The van der Waals surface area contributed by atoms with Gasteiger partial charge in [-0.3, -0.25) is 4.78 Å². The highest BCUT2D eigenvalue weighted by molar-refractivity contribution is 7.95.